The van der Waals surface area contributed by atoms with Gasteiger partial charge in [-0.15, -0.1) is 0 Å². The molecule has 0 aromatic carbocycles. The first-order valence-corrected chi connectivity index (χ1v) is 6.95. The summed E-state index contributed by atoms with van der Waals surface area (Å²) < 4.78 is 10.7. The van der Waals surface area contributed by atoms with Gasteiger partial charge >= 0.3 is 0 Å². The van der Waals surface area contributed by atoms with Crippen molar-refractivity contribution < 1.29 is 14.3 Å². The summed E-state index contributed by atoms with van der Waals surface area (Å²) in [6.45, 7) is 4.79. The van der Waals surface area contributed by atoms with E-state index in [1.807, 2.05) is 4.90 Å². The highest BCUT2D eigenvalue weighted by Gasteiger charge is 2.28. The van der Waals surface area contributed by atoms with E-state index in [0.717, 1.165) is 32.5 Å². The van der Waals surface area contributed by atoms with Gasteiger partial charge in [0.05, 0.1) is 19.1 Å². The fourth-order valence-electron chi connectivity index (χ4n) is 2.74. The summed E-state index contributed by atoms with van der Waals surface area (Å²) in [4.78, 5) is 14.2. The molecule has 0 aromatic heterocycles. The molecule has 2 N–H and O–H groups in total. The van der Waals surface area contributed by atoms with Gasteiger partial charge in [0, 0.05) is 32.8 Å². The largest absolute Gasteiger partial charge is 0.381 e. The van der Waals surface area contributed by atoms with Gasteiger partial charge in [-0.2, -0.15) is 0 Å². The second-order valence-corrected chi connectivity index (χ2v) is 5.19. The molecule has 0 spiro atoms. The summed E-state index contributed by atoms with van der Waals surface area (Å²) >= 11 is 0. The summed E-state index contributed by atoms with van der Waals surface area (Å²) in [7, 11) is 0. The summed E-state index contributed by atoms with van der Waals surface area (Å²) in [6.07, 6.45) is 3.13. The van der Waals surface area contributed by atoms with Crippen LogP contribution >= 0.6 is 0 Å². The first-order chi connectivity index (χ1) is 8.81. The molecule has 2 fully saturated rings. The van der Waals surface area contributed by atoms with Gasteiger partial charge in [0.15, 0.2) is 0 Å². The third-order valence-electron chi connectivity index (χ3n) is 3.83. The van der Waals surface area contributed by atoms with Crippen molar-refractivity contribution in [1.29, 1.82) is 0 Å². The van der Waals surface area contributed by atoms with E-state index >= 15 is 0 Å². The summed E-state index contributed by atoms with van der Waals surface area (Å²) in [5.74, 6) is 0.651. The van der Waals surface area contributed by atoms with Gasteiger partial charge in [-0.25, -0.2) is 0 Å². The van der Waals surface area contributed by atoms with Crippen LogP contribution in [0.3, 0.4) is 0 Å². The van der Waals surface area contributed by atoms with E-state index < -0.39 is 0 Å². The first-order valence-electron chi connectivity index (χ1n) is 6.95. The molecular weight excluding hydrogens is 232 g/mol. The minimum absolute atomic E-state index is 0.0465. The lowest BCUT2D eigenvalue weighted by molar-refractivity contribution is -0.140. The number of morpholine rings is 1. The van der Waals surface area contributed by atoms with E-state index in [-0.39, 0.29) is 11.8 Å². The first kappa shape index (κ1) is 13.8. The molecule has 2 atom stereocenters. The van der Waals surface area contributed by atoms with Gasteiger partial charge in [0.25, 0.3) is 0 Å². The zero-order chi connectivity index (χ0) is 12.8. The van der Waals surface area contributed by atoms with E-state index in [0.29, 0.717) is 38.8 Å². The molecule has 5 heteroatoms. The quantitative estimate of drug-likeness (QED) is 0.782. The Morgan fingerprint density at radius 2 is 2.06 bits per heavy atom. The zero-order valence-electron chi connectivity index (χ0n) is 11.0. The Balaban J connectivity index is 1.84. The molecule has 0 bridgehead atoms. The van der Waals surface area contributed by atoms with Crippen LogP contribution in [-0.4, -0.2) is 56.9 Å². The average molecular weight is 256 g/mol. The number of carbonyl (C=O) groups is 1. The molecule has 18 heavy (non-hydrogen) atoms. The number of rotatable bonds is 4. The van der Waals surface area contributed by atoms with Gasteiger partial charge in [0.2, 0.25) is 5.91 Å². The smallest absolute Gasteiger partial charge is 0.227 e. The van der Waals surface area contributed by atoms with Crippen LogP contribution in [0.15, 0.2) is 0 Å². The molecule has 5 nitrogen and oxygen atoms in total. The molecule has 2 rings (SSSR count). The van der Waals surface area contributed by atoms with Crippen molar-refractivity contribution in [1.82, 2.24) is 4.90 Å². The number of hydrogen-bond acceptors (Lipinski definition) is 4. The number of amides is 1. The molecule has 1 amide bonds. The highest BCUT2D eigenvalue weighted by Crippen LogP contribution is 2.22. The Hall–Kier alpha value is -0.650. The van der Waals surface area contributed by atoms with Crippen molar-refractivity contribution in [2.75, 3.05) is 46.1 Å². The predicted molar refractivity (Wildman–Crippen MR) is 68.1 cm³/mol. The molecule has 0 aromatic rings. The molecule has 2 heterocycles. The average Bonchev–Trinajstić information content (AvgIpc) is 2.46. The van der Waals surface area contributed by atoms with Crippen molar-refractivity contribution in [2.45, 2.75) is 19.3 Å². The van der Waals surface area contributed by atoms with E-state index in [4.69, 9.17) is 15.2 Å². The van der Waals surface area contributed by atoms with Crippen LogP contribution in [0, 0.1) is 11.8 Å². The third-order valence-corrected chi connectivity index (χ3v) is 3.83. The molecule has 2 saturated heterocycles. The summed E-state index contributed by atoms with van der Waals surface area (Å²) in [5, 5.41) is 0. The number of hydrogen-bond donors (Lipinski definition) is 1. The van der Waals surface area contributed by atoms with Gasteiger partial charge in [-0.05, 0) is 25.2 Å². The Bertz CT molecular complexity index is 261. The Labute approximate surface area is 109 Å². The second-order valence-electron chi connectivity index (χ2n) is 5.19. The highest BCUT2D eigenvalue weighted by atomic mass is 16.5. The highest BCUT2D eigenvalue weighted by molar-refractivity contribution is 5.79. The maximum Gasteiger partial charge on any atom is 0.227 e. The van der Waals surface area contributed by atoms with Gasteiger partial charge in [-0.3, -0.25) is 4.79 Å². The van der Waals surface area contributed by atoms with Gasteiger partial charge < -0.3 is 20.1 Å². The lowest BCUT2D eigenvalue weighted by atomic mass is 9.89. The molecule has 2 unspecified atom stereocenters. The minimum Gasteiger partial charge on any atom is -0.381 e. The fourth-order valence-corrected chi connectivity index (χ4v) is 2.74. The summed E-state index contributed by atoms with van der Waals surface area (Å²) in [6, 6.07) is 0. The van der Waals surface area contributed by atoms with Crippen LogP contribution in [0.5, 0.6) is 0 Å². The Morgan fingerprint density at radius 3 is 2.67 bits per heavy atom. The number of ether oxygens (including phenoxy) is 2. The van der Waals surface area contributed by atoms with Crippen LogP contribution in [-0.2, 0) is 14.3 Å². The van der Waals surface area contributed by atoms with Crippen molar-refractivity contribution in [2.24, 2.45) is 17.6 Å². The van der Waals surface area contributed by atoms with Crippen molar-refractivity contribution in [3.63, 3.8) is 0 Å². The number of nitrogens with zero attached hydrogens (tertiary/aromatic N) is 1. The topological polar surface area (TPSA) is 64.8 Å². The van der Waals surface area contributed by atoms with Crippen molar-refractivity contribution >= 4 is 5.91 Å². The number of nitrogens with two attached hydrogens (primary N) is 1. The van der Waals surface area contributed by atoms with E-state index in [9.17, 15) is 4.79 Å². The monoisotopic (exact) mass is 256 g/mol. The molecule has 0 aliphatic carbocycles. The lowest BCUT2D eigenvalue weighted by Crippen LogP contribution is -2.46. The Kier molecular flexibility index (Phi) is 5.41. The predicted octanol–water partition coefficient (Wildman–Crippen LogP) is 0.237. The lowest BCUT2D eigenvalue weighted by Gasteiger charge is -2.32. The SMILES string of the molecule is NCC(CC1CCCOC1)C(=O)N1CCOCC1. The second kappa shape index (κ2) is 7.07. The molecule has 0 saturated carbocycles. The standard InChI is InChI=1S/C13H24N2O3/c14-9-12(8-11-2-1-5-18-10-11)13(16)15-3-6-17-7-4-15/h11-12H,1-10,14H2. The normalized spacial score (nSPS) is 26.9. The van der Waals surface area contributed by atoms with Crippen LogP contribution in [0.2, 0.25) is 0 Å². The van der Waals surface area contributed by atoms with Gasteiger partial charge in [-0.1, -0.05) is 0 Å². The third kappa shape index (κ3) is 3.67. The fraction of sp³-hybridized carbons (Fsp3) is 0.923. The maximum absolute atomic E-state index is 12.4. The van der Waals surface area contributed by atoms with Crippen LogP contribution in [0.4, 0.5) is 0 Å². The van der Waals surface area contributed by atoms with E-state index in [2.05, 4.69) is 0 Å². The molecule has 0 radical (unpaired) electrons. The molecular formula is C13H24N2O3. The van der Waals surface area contributed by atoms with Crippen LogP contribution in [0.25, 0.3) is 0 Å². The van der Waals surface area contributed by atoms with Crippen molar-refractivity contribution in [3.8, 4) is 0 Å². The van der Waals surface area contributed by atoms with Crippen LogP contribution < -0.4 is 5.73 Å². The molecule has 2 aliphatic rings. The molecule has 104 valence electrons. The maximum atomic E-state index is 12.4. The van der Waals surface area contributed by atoms with E-state index in [1.165, 1.54) is 0 Å². The zero-order valence-corrected chi connectivity index (χ0v) is 11.0. The minimum atomic E-state index is -0.0465. The van der Waals surface area contributed by atoms with E-state index in [1.54, 1.807) is 0 Å². The van der Waals surface area contributed by atoms with Gasteiger partial charge in [0.1, 0.15) is 0 Å². The Morgan fingerprint density at radius 1 is 1.28 bits per heavy atom. The van der Waals surface area contributed by atoms with Crippen LogP contribution in [0.1, 0.15) is 19.3 Å². The summed E-state index contributed by atoms with van der Waals surface area (Å²) in [5.41, 5.74) is 5.78. The number of carbonyl (C=O) groups excluding carboxylic acids is 1. The van der Waals surface area contributed by atoms with Crippen molar-refractivity contribution in [3.05, 3.63) is 0 Å². The molecule has 2 aliphatic heterocycles.